The van der Waals surface area contributed by atoms with E-state index >= 15 is 0 Å². The molecule has 0 aliphatic carbocycles. The van der Waals surface area contributed by atoms with E-state index in [-0.39, 0.29) is 24.7 Å². The van der Waals surface area contributed by atoms with Gasteiger partial charge in [0.1, 0.15) is 0 Å². The molecule has 0 saturated heterocycles. The van der Waals surface area contributed by atoms with E-state index in [2.05, 4.69) is 20.6 Å². The molecule has 0 fully saturated rings. The van der Waals surface area contributed by atoms with E-state index in [9.17, 15) is 19.2 Å². The molecule has 0 atom stereocenters. The number of aryl methyl sites for hydroxylation is 1. The van der Waals surface area contributed by atoms with Crippen LogP contribution in [0.4, 0.5) is 11.4 Å². The highest BCUT2D eigenvalue weighted by atomic mass is 16.2. The predicted molar refractivity (Wildman–Crippen MR) is 112 cm³/mol. The maximum atomic E-state index is 12.2. The van der Waals surface area contributed by atoms with Gasteiger partial charge in [-0.2, -0.15) is 0 Å². The Balaban J connectivity index is 1.94. The monoisotopic (exact) mass is 401 g/mol. The van der Waals surface area contributed by atoms with Crippen molar-refractivity contribution in [3.05, 3.63) is 56.4 Å². The van der Waals surface area contributed by atoms with E-state index in [4.69, 9.17) is 0 Å². The summed E-state index contributed by atoms with van der Waals surface area (Å²) in [6.07, 6.45) is 0.276. The average molecular weight is 401 g/mol. The normalized spacial score (nSPS) is 10.8. The van der Waals surface area contributed by atoms with Gasteiger partial charge in [-0.15, -0.1) is 0 Å². The number of hydrogen-bond acceptors (Lipinski definition) is 5. The van der Waals surface area contributed by atoms with Crippen LogP contribution in [0.5, 0.6) is 0 Å². The van der Waals surface area contributed by atoms with Gasteiger partial charge in [0.25, 0.3) is 5.56 Å². The van der Waals surface area contributed by atoms with Crippen LogP contribution in [0.25, 0.3) is 0 Å². The second-order valence-corrected chi connectivity index (χ2v) is 6.65. The minimum atomic E-state index is -0.569. The number of amides is 2. The lowest BCUT2D eigenvalue weighted by molar-refractivity contribution is -0.117. The first kappa shape index (κ1) is 22.1. The Bertz CT molecular complexity index is 975. The molecule has 0 saturated carbocycles. The molecule has 29 heavy (non-hydrogen) atoms. The molecule has 1 aromatic carbocycles. The minimum absolute atomic E-state index is 0.0779. The maximum absolute atomic E-state index is 12.2. The number of hydrogen-bond donors (Lipinski definition) is 4. The highest BCUT2D eigenvalue weighted by Crippen LogP contribution is 2.15. The molecule has 0 unspecified atom stereocenters. The van der Waals surface area contributed by atoms with Gasteiger partial charge in [0, 0.05) is 29.1 Å². The fourth-order valence-corrected chi connectivity index (χ4v) is 2.91. The molecular weight excluding hydrogens is 374 g/mol. The van der Waals surface area contributed by atoms with Crippen LogP contribution in [0.15, 0.2) is 33.9 Å². The lowest BCUT2D eigenvalue weighted by atomic mass is 10.1. The maximum Gasteiger partial charge on any atom is 0.325 e. The molecule has 0 bridgehead atoms. The van der Waals surface area contributed by atoms with Crippen molar-refractivity contribution in [1.82, 2.24) is 14.9 Å². The summed E-state index contributed by atoms with van der Waals surface area (Å²) in [6.45, 7) is 7.49. The Kier molecular flexibility index (Phi) is 7.90. The van der Waals surface area contributed by atoms with E-state index in [1.165, 1.54) is 0 Å². The summed E-state index contributed by atoms with van der Waals surface area (Å²) in [5, 5.41) is 5.58. The van der Waals surface area contributed by atoms with Gasteiger partial charge in [0.2, 0.25) is 11.8 Å². The smallest absolute Gasteiger partial charge is 0.325 e. The summed E-state index contributed by atoms with van der Waals surface area (Å²) >= 11 is 0. The Morgan fingerprint density at radius 1 is 1.00 bits per heavy atom. The number of benzene rings is 1. The first-order valence-corrected chi connectivity index (χ1v) is 9.56. The highest BCUT2D eigenvalue weighted by molar-refractivity contribution is 5.94. The van der Waals surface area contributed by atoms with Crippen LogP contribution in [0, 0.1) is 6.92 Å². The van der Waals surface area contributed by atoms with Crippen molar-refractivity contribution in [1.29, 1.82) is 0 Å². The van der Waals surface area contributed by atoms with Crippen molar-refractivity contribution in [3.8, 4) is 0 Å². The molecule has 0 aliphatic heterocycles. The van der Waals surface area contributed by atoms with Gasteiger partial charge in [-0.05, 0) is 44.6 Å². The first-order chi connectivity index (χ1) is 13.8. The van der Waals surface area contributed by atoms with Gasteiger partial charge >= 0.3 is 5.69 Å². The van der Waals surface area contributed by atoms with Crippen molar-refractivity contribution in [2.45, 2.75) is 33.6 Å². The number of H-pyrrole nitrogens is 2. The number of aromatic amines is 2. The van der Waals surface area contributed by atoms with Gasteiger partial charge < -0.3 is 15.6 Å². The van der Waals surface area contributed by atoms with Crippen LogP contribution in [-0.4, -0.2) is 46.3 Å². The number of nitrogens with zero attached hydrogens (tertiary/aromatic N) is 1. The molecule has 4 N–H and O–H groups in total. The molecule has 9 nitrogen and oxygen atoms in total. The number of rotatable bonds is 9. The van der Waals surface area contributed by atoms with Gasteiger partial charge in [-0.25, -0.2) is 4.79 Å². The fourth-order valence-electron chi connectivity index (χ4n) is 2.91. The molecule has 1 heterocycles. The van der Waals surface area contributed by atoms with Crippen LogP contribution >= 0.6 is 0 Å². The average Bonchev–Trinajstić information content (AvgIpc) is 2.65. The van der Waals surface area contributed by atoms with Gasteiger partial charge in [-0.1, -0.05) is 19.9 Å². The topological polar surface area (TPSA) is 127 Å². The lowest BCUT2D eigenvalue weighted by Gasteiger charge is -2.17. The Labute approximate surface area is 168 Å². The van der Waals surface area contributed by atoms with Gasteiger partial charge in [-0.3, -0.25) is 24.3 Å². The van der Waals surface area contributed by atoms with E-state index < -0.39 is 11.2 Å². The van der Waals surface area contributed by atoms with E-state index in [0.717, 1.165) is 13.1 Å². The molecular formula is C20H27N5O4. The second-order valence-electron chi connectivity index (χ2n) is 6.65. The number of carbonyl (C=O) groups excluding carboxylic acids is 2. The van der Waals surface area contributed by atoms with Crippen molar-refractivity contribution in [2.24, 2.45) is 0 Å². The third-order valence-corrected chi connectivity index (χ3v) is 4.55. The zero-order chi connectivity index (χ0) is 21.4. The highest BCUT2D eigenvalue weighted by Gasteiger charge is 2.11. The zero-order valence-corrected chi connectivity index (χ0v) is 16.9. The van der Waals surface area contributed by atoms with Crippen LogP contribution < -0.4 is 21.9 Å². The number of likely N-dealkylation sites (N-methyl/N-ethyl adjacent to an activating group) is 1. The molecule has 2 aromatic rings. The standard InChI is InChI=1S/C20H27N5O4/c1-4-25(5-2)12-18(27)23-15-8-6-7-14(11-15)22-17(26)10-9-16-13(3)21-20(29)24-19(16)28/h6-8,11H,4-5,9-10,12H2,1-3H3,(H,22,26)(H,23,27)(H2,21,24,28,29). The van der Waals surface area contributed by atoms with E-state index in [0.29, 0.717) is 29.2 Å². The number of aromatic nitrogens is 2. The van der Waals surface area contributed by atoms with Crippen molar-refractivity contribution in [2.75, 3.05) is 30.3 Å². The summed E-state index contributed by atoms with van der Waals surface area (Å²) in [6, 6.07) is 6.88. The summed E-state index contributed by atoms with van der Waals surface area (Å²) in [7, 11) is 0. The van der Waals surface area contributed by atoms with Crippen molar-refractivity contribution >= 4 is 23.2 Å². The minimum Gasteiger partial charge on any atom is -0.326 e. The quantitative estimate of drug-likeness (QED) is 0.502. The van der Waals surface area contributed by atoms with Crippen LogP contribution in [0.3, 0.4) is 0 Å². The third kappa shape index (κ3) is 6.72. The van der Waals surface area contributed by atoms with Crippen molar-refractivity contribution < 1.29 is 9.59 Å². The fraction of sp³-hybridized carbons (Fsp3) is 0.400. The van der Waals surface area contributed by atoms with Gasteiger partial charge in [0.15, 0.2) is 0 Å². The van der Waals surface area contributed by atoms with Crippen LogP contribution in [-0.2, 0) is 16.0 Å². The summed E-state index contributed by atoms with van der Waals surface area (Å²) < 4.78 is 0. The third-order valence-electron chi connectivity index (χ3n) is 4.55. The van der Waals surface area contributed by atoms with E-state index in [1.54, 1.807) is 31.2 Å². The van der Waals surface area contributed by atoms with Crippen LogP contribution in [0.2, 0.25) is 0 Å². The Hall–Kier alpha value is -3.20. The molecule has 0 aliphatic rings. The molecule has 156 valence electrons. The molecule has 2 rings (SSSR count). The second kappa shape index (κ2) is 10.4. The predicted octanol–water partition coefficient (Wildman–Crippen LogP) is 1.22. The number of nitrogens with one attached hydrogen (secondary N) is 4. The summed E-state index contributed by atoms with van der Waals surface area (Å²) in [4.78, 5) is 54.1. The summed E-state index contributed by atoms with van der Waals surface area (Å²) in [5.74, 6) is -0.397. The Morgan fingerprint density at radius 3 is 2.21 bits per heavy atom. The SMILES string of the molecule is CCN(CC)CC(=O)Nc1cccc(NC(=O)CCc2c(C)[nH]c(=O)[nH]c2=O)c1. The van der Waals surface area contributed by atoms with Crippen molar-refractivity contribution in [3.63, 3.8) is 0 Å². The number of anilines is 2. The largest absolute Gasteiger partial charge is 0.326 e. The summed E-state index contributed by atoms with van der Waals surface area (Å²) in [5.41, 5.74) is 0.898. The zero-order valence-electron chi connectivity index (χ0n) is 16.9. The Morgan fingerprint density at radius 2 is 1.62 bits per heavy atom. The first-order valence-electron chi connectivity index (χ1n) is 9.56. The molecule has 1 aromatic heterocycles. The van der Waals surface area contributed by atoms with E-state index in [1.807, 2.05) is 18.7 Å². The molecule has 0 radical (unpaired) electrons. The molecule has 2 amide bonds. The number of carbonyl (C=O) groups is 2. The van der Waals surface area contributed by atoms with Crippen LogP contribution in [0.1, 0.15) is 31.5 Å². The molecule has 0 spiro atoms. The molecule has 9 heteroatoms. The lowest BCUT2D eigenvalue weighted by Crippen LogP contribution is -2.32. The van der Waals surface area contributed by atoms with Gasteiger partial charge in [0.05, 0.1) is 6.54 Å².